The second-order valence-electron chi connectivity index (χ2n) is 9.92. The van der Waals surface area contributed by atoms with Gasteiger partial charge >= 0.3 is 0 Å². The number of likely N-dealkylation sites (N-methyl/N-ethyl adjacent to an activating group) is 2. The minimum Gasteiger partial charge on any atom is -0.493 e. The summed E-state index contributed by atoms with van der Waals surface area (Å²) in [5.74, 6) is 0.389. The number of aliphatic hydroxyl groups is 2. The highest BCUT2D eigenvalue weighted by Crippen LogP contribution is 2.38. The number of hydrogen-bond donors (Lipinski definition) is 2. The molecule has 0 saturated carbocycles. The number of carbonyl (C=O) groups excluding carboxylic acids is 1. The summed E-state index contributed by atoms with van der Waals surface area (Å²) in [4.78, 5) is 17.7. The van der Waals surface area contributed by atoms with Crippen molar-refractivity contribution in [3.8, 4) is 5.75 Å². The highest BCUT2D eigenvalue weighted by atomic mass is 32.2. The summed E-state index contributed by atoms with van der Waals surface area (Å²) in [5, 5.41) is 19.2. The van der Waals surface area contributed by atoms with Crippen LogP contribution in [-0.2, 0) is 14.8 Å². The molecule has 37 heavy (non-hydrogen) atoms. The zero-order chi connectivity index (χ0) is 26.6. The van der Waals surface area contributed by atoms with E-state index in [0.717, 1.165) is 22.8 Å². The third kappa shape index (κ3) is 6.32. The number of likely N-dealkylation sites (tertiary alicyclic amines) is 1. The van der Waals surface area contributed by atoms with Gasteiger partial charge in [-0.15, -0.1) is 0 Å². The smallest absolute Gasteiger partial charge is 0.242 e. The first-order chi connectivity index (χ1) is 17.7. The van der Waals surface area contributed by atoms with Crippen LogP contribution in [0.15, 0.2) is 53.4 Å². The topological polar surface area (TPSA) is 111 Å². The van der Waals surface area contributed by atoms with Crippen LogP contribution in [-0.4, -0.2) is 98.2 Å². The average Bonchev–Trinajstić information content (AvgIpc) is 3.32. The molecule has 10 heteroatoms. The van der Waals surface area contributed by atoms with Crippen LogP contribution in [0.5, 0.6) is 5.75 Å². The Labute approximate surface area is 219 Å². The van der Waals surface area contributed by atoms with Gasteiger partial charge in [-0.05, 0) is 48.1 Å². The summed E-state index contributed by atoms with van der Waals surface area (Å²) in [6, 6.07) is 14.5. The van der Waals surface area contributed by atoms with Gasteiger partial charge in [-0.2, -0.15) is 4.31 Å². The molecule has 9 nitrogen and oxygen atoms in total. The summed E-state index contributed by atoms with van der Waals surface area (Å²) in [6.07, 6.45) is 1.24. The maximum Gasteiger partial charge on any atom is 0.242 e. The largest absolute Gasteiger partial charge is 0.493 e. The Morgan fingerprint density at radius 1 is 1.16 bits per heavy atom. The van der Waals surface area contributed by atoms with E-state index in [1.54, 1.807) is 17.0 Å². The molecule has 2 aliphatic rings. The van der Waals surface area contributed by atoms with Crippen LogP contribution in [0.3, 0.4) is 0 Å². The van der Waals surface area contributed by atoms with Crippen LogP contribution in [0.4, 0.5) is 0 Å². The molecule has 1 amide bonds. The number of β-amino-alcohol motifs (C(OH)–C–C–N with tert-alkyl or cyclic N) is 1. The molecule has 1 saturated heterocycles. The second-order valence-corrected chi connectivity index (χ2v) is 12.0. The Balaban J connectivity index is 1.55. The van der Waals surface area contributed by atoms with Crippen molar-refractivity contribution in [3.05, 3.63) is 59.7 Å². The predicted octanol–water partition coefficient (Wildman–Crippen LogP) is 1.82. The Bertz CT molecular complexity index is 1180. The van der Waals surface area contributed by atoms with E-state index in [1.165, 1.54) is 13.1 Å². The lowest BCUT2D eigenvalue weighted by molar-refractivity contribution is -0.133. The first-order valence-electron chi connectivity index (χ1n) is 12.8. The standard InChI is InChI=1S/C27H37N3O6S/c1-28(13-14-31)37(34,35)23-8-9-26-24(17-23)21(11-15-36-26)16-27(33)29(2)25(20-6-4-3-5-7-20)19-30-12-10-22(32)18-30/h3-9,17,21-22,25,31-32H,10-16,18-19H2,1-2H3/t21?,22-,25+/m0/s1. The third-order valence-corrected chi connectivity index (χ3v) is 9.27. The third-order valence-electron chi connectivity index (χ3n) is 7.41. The SMILES string of the molecule is CN(C(=O)CC1CCOc2ccc(S(=O)(=O)N(C)CCO)cc21)[C@H](CN1CC[C@H](O)C1)c1ccccc1. The van der Waals surface area contributed by atoms with Crippen LogP contribution >= 0.6 is 0 Å². The molecule has 0 radical (unpaired) electrons. The van der Waals surface area contributed by atoms with Gasteiger partial charge in [-0.3, -0.25) is 9.69 Å². The van der Waals surface area contributed by atoms with Crippen molar-refractivity contribution < 1.29 is 28.2 Å². The highest BCUT2D eigenvalue weighted by Gasteiger charge is 2.32. The summed E-state index contributed by atoms with van der Waals surface area (Å²) >= 11 is 0. The molecule has 0 spiro atoms. The Kier molecular flexibility index (Phi) is 8.86. The zero-order valence-corrected chi connectivity index (χ0v) is 22.3. The van der Waals surface area contributed by atoms with Crippen molar-refractivity contribution >= 4 is 15.9 Å². The number of amides is 1. The Hall–Kier alpha value is -2.50. The van der Waals surface area contributed by atoms with E-state index in [2.05, 4.69) is 4.90 Å². The minimum atomic E-state index is -3.77. The monoisotopic (exact) mass is 531 g/mol. The van der Waals surface area contributed by atoms with Crippen LogP contribution < -0.4 is 4.74 Å². The molecule has 1 unspecified atom stereocenters. The van der Waals surface area contributed by atoms with E-state index in [-0.39, 0.29) is 48.4 Å². The molecule has 202 valence electrons. The van der Waals surface area contributed by atoms with Crippen molar-refractivity contribution in [1.29, 1.82) is 0 Å². The molecule has 3 atom stereocenters. The van der Waals surface area contributed by atoms with Gasteiger partial charge in [0.1, 0.15) is 5.75 Å². The fourth-order valence-electron chi connectivity index (χ4n) is 5.13. The highest BCUT2D eigenvalue weighted by molar-refractivity contribution is 7.89. The van der Waals surface area contributed by atoms with E-state index < -0.39 is 10.0 Å². The van der Waals surface area contributed by atoms with Crippen molar-refractivity contribution in [2.75, 3.05) is 53.5 Å². The number of hydrogen-bond acceptors (Lipinski definition) is 7. The number of aliphatic hydroxyl groups excluding tert-OH is 2. The number of fused-ring (bicyclic) bond motifs is 1. The number of benzene rings is 2. The van der Waals surface area contributed by atoms with Gasteiger partial charge in [0.2, 0.25) is 15.9 Å². The number of carbonyl (C=O) groups is 1. The van der Waals surface area contributed by atoms with E-state index in [1.807, 2.05) is 37.4 Å². The molecule has 0 bridgehead atoms. The molecule has 0 aromatic heterocycles. The molecule has 2 aromatic rings. The lowest BCUT2D eigenvalue weighted by Crippen LogP contribution is -2.39. The maximum absolute atomic E-state index is 13.6. The molecule has 2 N–H and O–H groups in total. The summed E-state index contributed by atoms with van der Waals surface area (Å²) in [6.45, 7) is 2.21. The van der Waals surface area contributed by atoms with Gasteiger partial charge in [0, 0.05) is 46.7 Å². The Morgan fingerprint density at radius 3 is 2.59 bits per heavy atom. The Morgan fingerprint density at radius 2 is 1.92 bits per heavy atom. The van der Waals surface area contributed by atoms with Gasteiger partial charge in [0.05, 0.1) is 30.3 Å². The van der Waals surface area contributed by atoms with Crippen LogP contribution in [0.25, 0.3) is 0 Å². The molecule has 4 rings (SSSR count). The van der Waals surface area contributed by atoms with Crippen LogP contribution in [0, 0.1) is 0 Å². The second kappa shape index (κ2) is 11.9. The number of sulfonamides is 1. The number of ether oxygens (including phenoxy) is 1. The first kappa shape index (κ1) is 27.5. The molecule has 2 aromatic carbocycles. The molecular formula is C27H37N3O6S. The van der Waals surface area contributed by atoms with Gasteiger partial charge in [0.15, 0.2) is 0 Å². The fourth-order valence-corrected chi connectivity index (χ4v) is 6.33. The lowest BCUT2D eigenvalue weighted by atomic mass is 9.89. The maximum atomic E-state index is 13.6. The molecule has 2 aliphatic heterocycles. The van der Waals surface area contributed by atoms with E-state index in [9.17, 15) is 23.4 Å². The normalized spacial score (nSPS) is 20.9. The number of rotatable bonds is 10. The van der Waals surface area contributed by atoms with Crippen molar-refractivity contribution in [1.82, 2.24) is 14.1 Å². The summed E-state index contributed by atoms with van der Waals surface area (Å²) < 4.78 is 32.8. The van der Waals surface area contributed by atoms with E-state index in [0.29, 0.717) is 37.4 Å². The van der Waals surface area contributed by atoms with Crippen molar-refractivity contribution in [2.45, 2.75) is 42.2 Å². The van der Waals surface area contributed by atoms with Gasteiger partial charge in [-0.1, -0.05) is 30.3 Å². The molecule has 0 aliphatic carbocycles. The molecular weight excluding hydrogens is 494 g/mol. The average molecular weight is 532 g/mol. The van der Waals surface area contributed by atoms with Gasteiger partial charge in [-0.25, -0.2) is 8.42 Å². The van der Waals surface area contributed by atoms with Crippen molar-refractivity contribution in [3.63, 3.8) is 0 Å². The zero-order valence-electron chi connectivity index (χ0n) is 21.5. The van der Waals surface area contributed by atoms with Gasteiger partial charge < -0.3 is 19.8 Å². The van der Waals surface area contributed by atoms with Crippen LogP contribution in [0.2, 0.25) is 0 Å². The summed E-state index contributed by atoms with van der Waals surface area (Å²) in [7, 11) is -0.526. The lowest BCUT2D eigenvalue weighted by Gasteiger charge is -2.34. The predicted molar refractivity (Wildman–Crippen MR) is 140 cm³/mol. The van der Waals surface area contributed by atoms with Gasteiger partial charge in [0.25, 0.3) is 0 Å². The van der Waals surface area contributed by atoms with E-state index in [4.69, 9.17) is 4.74 Å². The fraction of sp³-hybridized carbons (Fsp3) is 0.519. The quantitative estimate of drug-likeness (QED) is 0.481. The summed E-state index contributed by atoms with van der Waals surface area (Å²) in [5.41, 5.74) is 1.75. The minimum absolute atomic E-state index is 0.00243. The van der Waals surface area contributed by atoms with E-state index >= 15 is 0 Å². The first-order valence-corrected chi connectivity index (χ1v) is 14.2. The number of nitrogens with zero attached hydrogens (tertiary/aromatic N) is 3. The van der Waals surface area contributed by atoms with Crippen LogP contribution in [0.1, 0.15) is 42.3 Å². The molecule has 1 fully saturated rings. The molecule has 2 heterocycles. The van der Waals surface area contributed by atoms with Crippen molar-refractivity contribution in [2.24, 2.45) is 0 Å².